The number of carbonyl (C=O) groups is 1. The minimum atomic E-state index is -1.68. The van der Waals surface area contributed by atoms with Crippen LogP contribution in [-0.4, -0.2) is 16.2 Å². The van der Waals surface area contributed by atoms with Crippen LogP contribution in [0.25, 0.3) is 0 Å². The van der Waals surface area contributed by atoms with E-state index in [4.69, 9.17) is 9.52 Å². The lowest BCUT2D eigenvalue weighted by Crippen LogP contribution is -2.08. The molecule has 0 saturated carbocycles. The van der Waals surface area contributed by atoms with Gasteiger partial charge in [-0.25, -0.2) is 13.6 Å². The molecule has 18 heavy (non-hydrogen) atoms. The van der Waals surface area contributed by atoms with Gasteiger partial charge in [0.1, 0.15) is 11.7 Å². The molecule has 0 spiro atoms. The highest BCUT2D eigenvalue weighted by molar-refractivity contribution is 5.88. The van der Waals surface area contributed by atoms with Crippen LogP contribution in [0.3, 0.4) is 0 Å². The maximum atomic E-state index is 13.5. The summed E-state index contributed by atoms with van der Waals surface area (Å²) in [4.78, 5) is 10.8. The summed E-state index contributed by atoms with van der Waals surface area (Å²) in [5, 5.41) is 18.7. The number of aliphatic hydroxyl groups excluding tert-OH is 1. The van der Waals surface area contributed by atoms with Crippen LogP contribution in [0.4, 0.5) is 8.78 Å². The van der Waals surface area contributed by atoms with Gasteiger partial charge in [0.25, 0.3) is 0 Å². The summed E-state index contributed by atoms with van der Waals surface area (Å²) >= 11 is 0. The Bertz CT molecular complexity index is 592. The lowest BCUT2D eigenvalue weighted by molar-refractivity contribution is 0.0687. The zero-order valence-corrected chi connectivity index (χ0v) is 8.93. The Morgan fingerprint density at radius 1 is 1.28 bits per heavy atom. The van der Waals surface area contributed by atoms with Gasteiger partial charge in [0, 0.05) is 5.56 Å². The zero-order valence-electron chi connectivity index (χ0n) is 8.93. The third-order valence-electron chi connectivity index (χ3n) is 2.45. The topological polar surface area (TPSA) is 70.7 Å². The van der Waals surface area contributed by atoms with E-state index in [-0.39, 0.29) is 16.9 Å². The molecule has 2 rings (SSSR count). The first kappa shape index (κ1) is 12.3. The van der Waals surface area contributed by atoms with Gasteiger partial charge < -0.3 is 14.6 Å². The molecule has 0 bridgehead atoms. The molecule has 1 heterocycles. The largest absolute Gasteiger partial charge is 0.478 e. The normalized spacial score (nSPS) is 12.4. The Kier molecular flexibility index (Phi) is 3.12. The molecule has 0 aliphatic carbocycles. The van der Waals surface area contributed by atoms with Crippen molar-refractivity contribution >= 4 is 5.97 Å². The lowest BCUT2D eigenvalue weighted by atomic mass is 10.0. The van der Waals surface area contributed by atoms with Crippen LogP contribution in [0.2, 0.25) is 0 Å². The molecule has 2 aromatic rings. The highest BCUT2D eigenvalue weighted by Crippen LogP contribution is 2.28. The minimum absolute atomic E-state index is 0.300. The highest BCUT2D eigenvalue weighted by atomic mass is 19.2. The van der Waals surface area contributed by atoms with E-state index in [9.17, 15) is 18.7 Å². The van der Waals surface area contributed by atoms with E-state index in [2.05, 4.69) is 0 Å². The van der Waals surface area contributed by atoms with Crippen molar-refractivity contribution in [1.82, 2.24) is 0 Å². The van der Waals surface area contributed by atoms with Gasteiger partial charge in [-0.3, -0.25) is 0 Å². The number of benzene rings is 1. The third kappa shape index (κ3) is 1.98. The molecule has 94 valence electrons. The average Bonchev–Trinajstić information content (AvgIpc) is 2.81. The number of aromatic carboxylic acids is 1. The molecule has 1 atom stereocenters. The van der Waals surface area contributed by atoms with E-state index >= 15 is 0 Å². The van der Waals surface area contributed by atoms with Crippen LogP contribution in [-0.2, 0) is 0 Å². The number of aliphatic hydroxyl groups is 1. The number of furan rings is 1. The molecule has 4 nitrogen and oxygen atoms in total. The van der Waals surface area contributed by atoms with Crippen LogP contribution >= 0.6 is 0 Å². The fourth-order valence-corrected chi connectivity index (χ4v) is 1.58. The van der Waals surface area contributed by atoms with Crippen molar-refractivity contribution in [1.29, 1.82) is 0 Å². The predicted octanol–water partition coefficient (Wildman–Crippen LogP) is 2.34. The Labute approximate surface area is 100 Å². The zero-order chi connectivity index (χ0) is 13.3. The quantitative estimate of drug-likeness (QED) is 0.881. The fourth-order valence-electron chi connectivity index (χ4n) is 1.58. The number of carboxylic acids is 1. The molecule has 1 unspecified atom stereocenters. The summed E-state index contributed by atoms with van der Waals surface area (Å²) in [6.07, 6.45) is -0.624. The Morgan fingerprint density at radius 2 is 2.00 bits per heavy atom. The molecule has 0 saturated heterocycles. The van der Waals surface area contributed by atoms with E-state index in [1.807, 2.05) is 0 Å². The summed E-state index contributed by atoms with van der Waals surface area (Å²) < 4.78 is 31.3. The van der Waals surface area contributed by atoms with E-state index in [1.54, 1.807) is 0 Å². The molecular weight excluding hydrogens is 246 g/mol. The van der Waals surface area contributed by atoms with E-state index in [0.29, 0.717) is 0 Å². The van der Waals surface area contributed by atoms with Crippen LogP contribution in [0.1, 0.15) is 27.8 Å². The predicted molar refractivity (Wildman–Crippen MR) is 56.1 cm³/mol. The second kappa shape index (κ2) is 4.58. The van der Waals surface area contributed by atoms with Gasteiger partial charge in [-0.2, -0.15) is 0 Å². The summed E-state index contributed by atoms with van der Waals surface area (Å²) in [6, 6.07) is 4.38. The van der Waals surface area contributed by atoms with Gasteiger partial charge in [0.15, 0.2) is 17.4 Å². The van der Waals surface area contributed by atoms with E-state index in [0.717, 1.165) is 24.5 Å². The van der Waals surface area contributed by atoms with E-state index in [1.165, 1.54) is 6.07 Å². The molecule has 0 amide bonds. The van der Waals surface area contributed by atoms with Crippen molar-refractivity contribution in [2.45, 2.75) is 6.10 Å². The number of hydrogen-bond donors (Lipinski definition) is 2. The molecule has 1 aromatic carbocycles. The van der Waals surface area contributed by atoms with Crippen molar-refractivity contribution in [2.75, 3.05) is 0 Å². The maximum Gasteiger partial charge on any atom is 0.339 e. The van der Waals surface area contributed by atoms with Crippen LogP contribution in [0.5, 0.6) is 0 Å². The standard InChI is InChI=1S/C12H8F2O4/c13-8-3-1-2-6(9(8)14)10(15)11-7(12(16)17)4-5-18-11/h1-5,10,15H,(H,16,17). The van der Waals surface area contributed by atoms with Crippen molar-refractivity contribution in [3.8, 4) is 0 Å². The molecule has 0 fully saturated rings. The summed E-state index contributed by atoms with van der Waals surface area (Å²) in [5.74, 6) is -4.03. The third-order valence-corrected chi connectivity index (χ3v) is 2.45. The number of carboxylic acid groups (broad SMARTS) is 1. The van der Waals surface area contributed by atoms with Crippen LogP contribution in [0.15, 0.2) is 34.9 Å². The Balaban J connectivity index is 2.48. The number of rotatable bonds is 3. The van der Waals surface area contributed by atoms with Gasteiger partial charge in [-0.1, -0.05) is 12.1 Å². The van der Waals surface area contributed by atoms with Crippen molar-refractivity contribution in [2.24, 2.45) is 0 Å². The van der Waals surface area contributed by atoms with Gasteiger partial charge in [0.2, 0.25) is 0 Å². The van der Waals surface area contributed by atoms with E-state index < -0.39 is 23.7 Å². The first-order valence-electron chi connectivity index (χ1n) is 4.95. The van der Waals surface area contributed by atoms with Gasteiger partial charge in [-0.15, -0.1) is 0 Å². The summed E-state index contributed by atoms with van der Waals surface area (Å²) in [5.41, 5.74) is -0.682. The maximum absolute atomic E-state index is 13.5. The monoisotopic (exact) mass is 254 g/mol. The summed E-state index contributed by atoms with van der Waals surface area (Å²) in [7, 11) is 0. The first-order valence-corrected chi connectivity index (χ1v) is 4.95. The SMILES string of the molecule is O=C(O)c1ccoc1C(O)c1cccc(F)c1F. The molecular formula is C12H8F2O4. The summed E-state index contributed by atoms with van der Waals surface area (Å²) in [6.45, 7) is 0. The smallest absolute Gasteiger partial charge is 0.339 e. The Hall–Kier alpha value is -2.21. The highest BCUT2D eigenvalue weighted by Gasteiger charge is 2.25. The fraction of sp³-hybridized carbons (Fsp3) is 0.0833. The van der Waals surface area contributed by atoms with Crippen molar-refractivity contribution < 1.29 is 28.2 Å². The van der Waals surface area contributed by atoms with Gasteiger partial charge in [-0.05, 0) is 12.1 Å². The van der Waals surface area contributed by atoms with Crippen molar-refractivity contribution in [3.63, 3.8) is 0 Å². The molecule has 2 N–H and O–H groups in total. The lowest BCUT2D eigenvalue weighted by Gasteiger charge is -2.10. The van der Waals surface area contributed by atoms with Gasteiger partial charge >= 0.3 is 5.97 Å². The average molecular weight is 254 g/mol. The number of hydrogen-bond acceptors (Lipinski definition) is 3. The minimum Gasteiger partial charge on any atom is -0.478 e. The first-order chi connectivity index (χ1) is 8.52. The molecule has 0 aliphatic rings. The molecule has 0 aliphatic heterocycles. The van der Waals surface area contributed by atoms with Crippen LogP contribution < -0.4 is 0 Å². The second-order valence-electron chi connectivity index (χ2n) is 3.55. The second-order valence-corrected chi connectivity index (χ2v) is 3.55. The van der Waals surface area contributed by atoms with Crippen LogP contribution in [0, 0.1) is 11.6 Å². The number of halogens is 2. The van der Waals surface area contributed by atoms with Crippen molar-refractivity contribution in [3.05, 3.63) is 59.1 Å². The van der Waals surface area contributed by atoms with Gasteiger partial charge in [0.05, 0.1) is 6.26 Å². The molecule has 0 radical (unpaired) electrons. The molecule has 1 aromatic heterocycles. The molecule has 6 heteroatoms. The Morgan fingerprint density at radius 3 is 2.67 bits per heavy atom.